The van der Waals surface area contributed by atoms with Gasteiger partial charge < -0.3 is 16.0 Å². The van der Waals surface area contributed by atoms with Crippen molar-refractivity contribution in [3.63, 3.8) is 0 Å². The molecule has 1 saturated heterocycles. The first kappa shape index (κ1) is 23.4. The smallest absolute Gasteiger partial charge is 0.251 e. The lowest BCUT2D eigenvalue weighted by Crippen LogP contribution is -2.46. The Bertz CT molecular complexity index is 593. The van der Waals surface area contributed by atoms with Crippen LogP contribution in [0.3, 0.4) is 0 Å². The third kappa shape index (κ3) is 8.28. The summed E-state index contributed by atoms with van der Waals surface area (Å²) < 4.78 is 0. The van der Waals surface area contributed by atoms with Crippen LogP contribution in [-0.4, -0.2) is 62.5 Å². The SMILES string of the molecule is CC(C)(C)c1ccc(C(=O)NCCC(=O)NCCN2CCNCC2)cc1.Cl. The van der Waals surface area contributed by atoms with Crippen LogP contribution in [0.5, 0.6) is 0 Å². The highest BCUT2D eigenvalue weighted by molar-refractivity contribution is 5.94. The first-order valence-corrected chi connectivity index (χ1v) is 9.45. The molecule has 0 radical (unpaired) electrons. The largest absolute Gasteiger partial charge is 0.355 e. The Morgan fingerprint density at radius 1 is 1.04 bits per heavy atom. The van der Waals surface area contributed by atoms with Crippen LogP contribution in [0, 0.1) is 0 Å². The predicted molar refractivity (Wildman–Crippen MR) is 112 cm³/mol. The van der Waals surface area contributed by atoms with Gasteiger partial charge in [0.25, 0.3) is 5.91 Å². The molecule has 3 N–H and O–H groups in total. The Labute approximate surface area is 168 Å². The van der Waals surface area contributed by atoms with Crippen molar-refractivity contribution in [2.75, 3.05) is 45.8 Å². The van der Waals surface area contributed by atoms with Crippen LogP contribution in [0.2, 0.25) is 0 Å². The molecule has 1 fully saturated rings. The summed E-state index contributed by atoms with van der Waals surface area (Å²) in [5, 5.41) is 9.03. The highest BCUT2D eigenvalue weighted by atomic mass is 35.5. The standard InChI is InChI=1S/C20H32N4O2.ClH/c1-20(2,3)17-6-4-16(5-7-17)19(26)23-9-8-18(25)22-12-15-24-13-10-21-11-14-24;/h4-7,21H,8-15H2,1-3H3,(H,22,25)(H,23,26);1H. The summed E-state index contributed by atoms with van der Waals surface area (Å²) in [4.78, 5) is 26.3. The molecule has 1 aromatic rings. The van der Waals surface area contributed by atoms with Crippen LogP contribution in [-0.2, 0) is 10.2 Å². The fourth-order valence-corrected chi connectivity index (χ4v) is 2.89. The number of nitrogens with one attached hydrogen (secondary N) is 3. The van der Waals surface area contributed by atoms with Gasteiger partial charge in [-0.05, 0) is 23.1 Å². The molecule has 0 bridgehead atoms. The highest BCUT2D eigenvalue weighted by Crippen LogP contribution is 2.22. The van der Waals surface area contributed by atoms with E-state index in [1.165, 1.54) is 5.56 Å². The monoisotopic (exact) mass is 396 g/mol. The van der Waals surface area contributed by atoms with Crippen LogP contribution in [0.1, 0.15) is 43.1 Å². The van der Waals surface area contributed by atoms with E-state index < -0.39 is 0 Å². The van der Waals surface area contributed by atoms with Gasteiger partial charge in [0.1, 0.15) is 0 Å². The van der Waals surface area contributed by atoms with E-state index in [4.69, 9.17) is 0 Å². The number of hydrogen-bond donors (Lipinski definition) is 3. The Hall–Kier alpha value is -1.63. The Morgan fingerprint density at radius 3 is 2.26 bits per heavy atom. The maximum absolute atomic E-state index is 12.2. The number of rotatable bonds is 7. The summed E-state index contributed by atoms with van der Waals surface area (Å²) in [6, 6.07) is 7.64. The van der Waals surface area contributed by atoms with Crippen LogP contribution in [0.15, 0.2) is 24.3 Å². The first-order chi connectivity index (χ1) is 12.4. The Balaban J connectivity index is 0.00000364. The third-order valence-electron chi connectivity index (χ3n) is 4.61. The number of carbonyl (C=O) groups is 2. The molecule has 1 heterocycles. The summed E-state index contributed by atoms with van der Waals surface area (Å²) in [6.45, 7) is 12.4. The van der Waals surface area contributed by atoms with Gasteiger partial charge in [0.2, 0.25) is 5.91 Å². The average Bonchev–Trinajstić information content (AvgIpc) is 2.62. The first-order valence-electron chi connectivity index (χ1n) is 9.45. The number of nitrogens with zero attached hydrogens (tertiary/aromatic N) is 1. The van der Waals surface area contributed by atoms with E-state index in [0.717, 1.165) is 32.7 Å². The molecule has 1 aliphatic heterocycles. The summed E-state index contributed by atoms with van der Waals surface area (Å²) in [6.07, 6.45) is 0.299. The molecule has 0 aromatic heterocycles. The van der Waals surface area contributed by atoms with E-state index in [0.29, 0.717) is 25.1 Å². The second-order valence-corrected chi connectivity index (χ2v) is 7.77. The Morgan fingerprint density at radius 2 is 1.67 bits per heavy atom. The molecule has 0 atom stereocenters. The van der Waals surface area contributed by atoms with E-state index in [9.17, 15) is 9.59 Å². The molecule has 0 unspecified atom stereocenters. The number of carbonyl (C=O) groups excluding carboxylic acids is 2. The van der Waals surface area contributed by atoms with Gasteiger partial charge in [0.15, 0.2) is 0 Å². The minimum atomic E-state index is -0.140. The zero-order valence-corrected chi connectivity index (χ0v) is 17.5. The van der Waals surface area contributed by atoms with Gasteiger partial charge in [-0.25, -0.2) is 0 Å². The van der Waals surface area contributed by atoms with Crippen molar-refractivity contribution in [3.8, 4) is 0 Å². The van der Waals surface area contributed by atoms with Crippen molar-refractivity contribution in [2.24, 2.45) is 0 Å². The molecule has 2 rings (SSSR count). The van der Waals surface area contributed by atoms with Gasteiger partial charge in [-0.2, -0.15) is 0 Å². The lowest BCUT2D eigenvalue weighted by molar-refractivity contribution is -0.121. The van der Waals surface area contributed by atoms with Crippen molar-refractivity contribution in [2.45, 2.75) is 32.6 Å². The van der Waals surface area contributed by atoms with Crippen molar-refractivity contribution in [1.29, 1.82) is 0 Å². The lowest BCUT2D eigenvalue weighted by atomic mass is 9.87. The summed E-state index contributed by atoms with van der Waals surface area (Å²) >= 11 is 0. The summed E-state index contributed by atoms with van der Waals surface area (Å²) in [5.74, 6) is -0.164. The summed E-state index contributed by atoms with van der Waals surface area (Å²) in [5.41, 5.74) is 1.88. The van der Waals surface area contributed by atoms with Crippen LogP contribution in [0.4, 0.5) is 0 Å². The normalized spacial score (nSPS) is 14.9. The maximum atomic E-state index is 12.2. The fourth-order valence-electron chi connectivity index (χ4n) is 2.89. The maximum Gasteiger partial charge on any atom is 0.251 e. The topological polar surface area (TPSA) is 73.5 Å². The molecular formula is C20H33ClN4O2. The Kier molecular flexibility index (Phi) is 9.77. The zero-order chi connectivity index (χ0) is 19.0. The third-order valence-corrected chi connectivity index (χ3v) is 4.61. The quantitative estimate of drug-likeness (QED) is 0.653. The van der Waals surface area contributed by atoms with Crippen LogP contribution < -0.4 is 16.0 Å². The predicted octanol–water partition coefficient (Wildman–Crippen LogP) is 1.55. The number of benzene rings is 1. The van der Waals surface area contributed by atoms with Crippen molar-refractivity contribution >= 4 is 24.2 Å². The molecule has 6 nitrogen and oxygen atoms in total. The number of piperazine rings is 1. The lowest BCUT2D eigenvalue weighted by Gasteiger charge is -2.27. The van der Waals surface area contributed by atoms with Crippen LogP contribution >= 0.6 is 12.4 Å². The van der Waals surface area contributed by atoms with Crippen molar-refractivity contribution in [3.05, 3.63) is 35.4 Å². The zero-order valence-electron chi connectivity index (χ0n) is 16.6. The van der Waals surface area contributed by atoms with E-state index in [1.54, 1.807) is 0 Å². The highest BCUT2D eigenvalue weighted by Gasteiger charge is 2.14. The minimum absolute atomic E-state index is 0. The second kappa shape index (κ2) is 11.3. The molecule has 1 aliphatic rings. The number of halogens is 1. The van der Waals surface area contributed by atoms with Crippen LogP contribution in [0.25, 0.3) is 0 Å². The van der Waals surface area contributed by atoms with Gasteiger partial charge in [0.05, 0.1) is 0 Å². The van der Waals surface area contributed by atoms with Gasteiger partial charge in [-0.1, -0.05) is 32.9 Å². The molecule has 7 heteroatoms. The molecule has 0 spiro atoms. The van der Waals surface area contributed by atoms with Gasteiger partial charge in [0, 0.05) is 57.8 Å². The van der Waals surface area contributed by atoms with Gasteiger partial charge >= 0.3 is 0 Å². The van der Waals surface area contributed by atoms with E-state index in [1.807, 2.05) is 24.3 Å². The fraction of sp³-hybridized carbons (Fsp3) is 0.600. The number of amides is 2. The van der Waals surface area contributed by atoms with E-state index in [2.05, 4.69) is 41.6 Å². The van der Waals surface area contributed by atoms with Gasteiger partial charge in [-0.3, -0.25) is 14.5 Å². The molecule has 0 aliphatic carbocycles. The molecule has 27 heavy (non-hydrogen) atoms. The van der Waals surface area contributed by atoms with Crippen molar-refractivity contribution in [1.82, 2.24) is 20.9 Å². The minimum Gasteiger partial charge on any atom is -0.355 e. The van der Waals surface area contributed by atoms with E-state index >= 15 is 0 Å². The molecule has 152 valence electrons. The average molecular weight is 397 g/mol. The molecular weight excluding hydrogens is 364 g/mol. The summed E-state index contributed by atoms with van der Waals surface area (Å²) in [7, 11) is 0. The molecule has 0 saturated carbocycles. The van der Waals surface area contributed by atoms with Gasteiger partial charge in [-0.15, -0.1) is 12.4 Å². The molecule has 2 amide bonds. The van der Waals surface area contributed by atoms with Crippen molar-refractivity contribution < 1.29 is 9.59 Å². The molecule has 1 aromatic carbocycles. The van der Waals surface area contributed by atoms with E-state index in [-0.39, 0.29) is 29.6 Å². The second-order valence-electron chi connectivity index (χ2n) is 7.77. The number of hydrogen-bond acceptors (Lipinski definition) is 4.